The number of hydrogen-bond donors (Lipinski definition) is 1. The van der Waals surface area contributed by atoms with E-state index in [1.165, 1.54) is 21.3 Å². The number of likely N-dealkylation sites (N-methyl/N-ethyl adjacent to an activating group) is 2. The van der Waals surface area contributed by atoms with Gasteiger partial charge in [0.2, 0.25) is 5.75 Å². The number of nitrogens with zero attached hydrogens (tertiary/aromatic N) is 1. The highest BCUT2D eigenvalue weighted by atomic mass is 35.5. The van der Waals surface area contributed by atoms with E-state index in [-0.39, 0.29) is 30.7 Å². The summed E-state index contributed by atoms with van der Waals surface area (Å²) in [5, 5.41) is 3.01. The quantitative estimate of drug-likeness (QED) is 0.809. The molecule has 0 unspecified atom stereocenters. The van der Waals surface area contributed by atoms with E-state index in [1.54, 1.807) is 24.1 Å². The number of ether oxygens (including phenoxy) is 3. The van der Waals surface area contributed by atoms with Gasteiger partial charge in [-0.3, -0.25) is 4.79 Å². The topological polar surface area (TPSA) is 60.0 Å². The molecule has 0 aliphatic rings. The van der Waals surface area contributed by atoms with E-state index in [2.05, 4.69) is 5.32 Å². The summed E-state index contributed by atoms with van der Waals surface area (Å²) in [6.07, 6.45) is 0. The largest absolute Gasteiger partial charge is 0.493 e. The Labute approximate surface area is 143 Å². The van der Waals surface area contributed by atoms with E-state index >= 15 is 0 Å². The molecule has 22 heavy (non-hydrogen) atoms. The van der Waals surface area contributed by atoms with Crippen LogP contribution < -0.4 is 19.5 Å². The minimum Gasteiger partial charge on any atom is -0.493 e. The first-order chi connectivity index (χ1) is 9.58. The summed E-state index contributed by atoms with van der Waals surface area (Å²) in [6, 6.07) is 3.30. The molecule has 0 aliphatic carbocycles. The van der Waals surface area contributed by atoms with Crippen molar-refractivity contribution in [1.29, 1.82) is 0 Å². The van der Waals surface area contributed by atoms with Gasteiger partial charge in [0, 0.05) is 25.7 Å². The molecule has 0 bridgehead atoms. The molecular weight excluding hydrogens is 331 g/mol. The Morgan fingerprint density at radius 3 is 1.95 bits per heavy atom. The van der Waals surface area contributed by atoms with Gasteiger partial charge in [0.05, 0.1) is 21.3 Å². The average molecular weight is 355 g/mol. The summed E-state index contributed by atoms with van der Waals surface area (Å²) in [5.41, 5.74) is 0.498. The molecule has 8 heteroatoms. The molecule has 0 fully saturated rings. The Hall–Kier alpha value is -1.37. The van der Waals surface area contributed by atoms with Gasteiger partial charge in [-0.2, -0.15) is 0 Å². The molecule has 0 aliphatic heterocycles. The molecular formula is C14H24Cl2N2O4. The summed E-state index contributed by atoms with van der Waals surface area (Å²) in [5.74, 6) is 1.32. The predicted molar refractivity (Wildman–Crippen MR) is 91.5 cm³/mol. The standard InChI is InChI=1S/C14H22N2O4.2ClH/c1-15-6-7-16(2)14(17)10-8-11(18-3)13(20-5)12(9-10)19-4;;/h8-9,15H,6-7H2,1-5H3;2*1H. The zero-order valence-corrected chi connectivity index (χ0v) is 15.1. The van der Waals surface area contributed by atoms with E-state index in [9.17, 15) is 4.79 Å². The van der Waals surface area contributed by atoms with Crippen LogP contribution in [0.4, 0.5) is 0 Å². The molecule has 0 heterocycles. The molecule has 1 aromatic carbocycles. The lowest BCUT2D eigenvalue weighted by Crippen LogP contribution is -2.32. The number of methoxy groups -OCH3 is 3. The maximum Gasteiger partial charge on any atom is 0.253 e. The van der Waals surface area contributed by atoms with Crippen molar-refractivity contribution in [3.8, 4) is 17.2 Å². The Morgan fingerprint density at radius 1 is 1.09 bits per heavy atom. The number of benzene rings is 1. The Kier molecular flexibility index (Phi) is 11.7. The normalized spacial score (nSPS) is 9.14. The molecule has 1 rings (SSSR count). The number of amides is 1. The molecule has 0 atom stereocenters. The van der Waals surface area contributed by atoms with Crippen LogP contribution in [-0.4, -0.2) is 59.3 Å². The molecule has 1 N–H and O–H groups in total. The molecule has 1 aromatic rings. The van der Waals surface area contributed by atoms with Gasteiger partial charge in [-0.05, 0) is 19.2 Å². The van der Waals surface area contributed by atoms with Gasteiger partial charge in [-0.25, -0.2) is 0 Å². The fourth-order valence-electron chi connectivity index (χ4n) is 1.81. The molecule has 0 radical (unpaired) electrons. The fourth-order valence-corrected chi connectivity index (χ4v) is 1.81. The molecule has 128 valence electrons. The molecule has 0 aromatic heterocycles. The third-order valence-corrected chi connectivity index (χ3v) is 2.96. The van der Waals surface area contributed by atoms with Crippen molar-refractivity contribution < 1.29 is 19.0 Å². The summed E-state index contributed by atoms with van der Waals surface area (Å²) >= 11 is 0. The third-order valence-electron chi connectivity index (χ3n) is 2.96. The maximum atomic E-state index is 12.3. The van der Waals surface area contributed by atoms with Gasteiger partial charge in [0.25, 0.3) is 5.91 Å². The maximum absolute atomic E-state index is 12.3. The van der Waals surface area contributed by atoms with Gasteiger partial charge in [0.1, 0.15) is 0 Å². The van der Waals surface area contributed by atoms with Crippen molar-refractivity contribution >= 4 is 30.7 Å². The summed E-state index contributed by atoms with van der Waals surface area (Å²) in [7, 11) is 8.17. The van der Waals surface area contributed by atoms with Crippen molar-refractivity contribution in [3.63, 3.8) is 0 Å². The van der Waals surface area contributed by atoms with Crippen LogP contribution in [0.25, 0.3) is 0 Å². The van der Waals surface area contributed by atoms with Gasteiger partial charge in [-0.15, -0.1) is 24.8 Å². The second-order valence-electron chi connectivity index (χ2n) is 4.24. The number of halogens is 2. The van der Waals surface area contributed by atoms with E-state index in [4.69, 9.17) is 14.2 Å². The number of carbonyl (C=O) groups is 1. The lowest BCUT2D eigenvalue weighted by molar-refractivity contribution is 0.0796. The van der Waals surface area contributed by atoms with Gasteiger partial charge >= 0.3 is 0 Å². The average Bonchev–Trinajstić information content (AvgIpc) is 2.49. The van der Waals surface area contributed by atoms with Crippen LogP contribution in [0, 0.1) is 0 Å². The second kappa shape index (κ2) is 11.2. The van der Waals surface area contributed by atoms with Crippen molar-refractivity contribution in [2.75, 3.05) is 48.5 Å². The Morgan fingerprint density at radius 2 is 1.59 bits per heavy atom. The SMILES string of the molecule is CNCCN(C)C(=O)c1cc(OC)c(OC)c(OC)c1.Cl.Cl. The van der Waals surface area contributed by atoms with E-state index in [0.717, 1.165) is 6.54 Å². The van der Waals surface area contributed by atoms with Crippen molar-refractivity contribution in [1.82, 2.24) is 10.2 Å². The smallest absolute Gasteiger partial charge is 0.253 e. The van der Waals surface area contributed by atoms with E-state index < -0.39 is 0 Å². The molecule has 6 nitrogen and oxygen atoms in total. The summed E-state index contributed by atoms with van der Waals surface area (Å²) < 4.78 is 15.7. The molecule has 0 saturated heterocycles. The monoisotopic (exact) mass is 354 g/mol. The predicted octanol–water partition coefficient (Wildman–Crippen LogP) is 1.85. The van der Waals surface area contributed by atoms with Crippen LogP contribution in [0.3, 0.4) is 0 Å². The van der Waals surface area contributed by atoms with Crippen molar-refractivity contribution in [2.24, 2.45) is 0 Å². The number of carbonyl (C=O) groups excluding carboxylic acids is 1. The van der Waals surface area contributed by atoms with Crippen molar-refractivity contribution in [3.05, 3.63) is 17.7 Å². The zero-order chi connectivity index (χ0) is 15.1. The molecule has 0 saturated carbocycles. The van der Waals surface area contributed by atoms with Gasteiger partial charge < -0.3 is 24.4 Å². The van der Waals surface area contributed by atoms with Crippen LogP contribution in [0.15, 0.2) is 12.1 Å². The molecule has 1 amide bonds. The fraction of sp³-hybridized carbons (Fsp3) is 0.500. The number of hydrogen-bond acceptors (Lipinski definition) is 5. The summed E-state index contributed by atoms with van der Waals surface area (Å²) in [6.45, 7) is 1.35. The number of rotatable bonds is 7. The first-order valence-corrected chi connectivity index (χ1v) is 6.29. The first kappa shape index (κ1) is 22.9. The highest BCUT2D eigenvalue weighted by Crippen LogP contribution is 2.38. The Bertz CT molecular complexity index is 447. The Balaban J connectivity index is 0. The second-order valence-corrected chi connectivity index (χ2v) is 4.24. The summed E-state index contributed by atoms with van der Waals surface area (Å²) in [4.78, 5) is 14.0. The van der Waals surface area contributed by atoms with Crippen LogP contribution in [0.5, 0.6) is 17.2 Å². The van der Waals surface area contributed by atoms with Crippen molar-refractivity contribution in [2.45, 2.75) is 0 Å². The lowest BCUT2D eigenvalue weighted by Gasteiger charge is -2.19. The van der Waals surface area contributed by atoms with E-state index in [1.807, 2.05) is 7.05 Å². The highest BCUT2D eigenvalue weighted by molar-refractivity contribution is 5.95. The minimum absolute atomic E-state index is 0. The van der Waals surface area contributed by atoms with Gasteiger partial charge in [-0.1, -0.05) is 0 Å². The van der Waals surface area contributed by atoms with Crippen LogP contribution >= 0.6 is 24.8 Å². The van der Waals surface area contributed by atoms with Gasteiger partial charge in [0.15, 0.2) is 11.5 Å². The van der Waals surface area contributed by atoms with Crippen LogP contribution in [0.2, 0.25) is 0 Å². The minimum atomic E-state index is -0.0977. The lowest BCUT2D eigenvalue weighted by atomic mass is 10.1. The first-order valence-electron chi connectivity index (χ1n) is 6.29. The third kappa shape index (κ3) is 5.44. The van der Waals surface area contributed by atoms with Crippen LogP contribution in [-0.2, 0) is 0 Å². The molecule has 0 spiro atoms. The van der Waals surface area contributed by atoms with Crippen LogP contribution in [0.1, 0.15) is 10.4 Å². The zero-order valence-electron chi connectivity index (χ0n) is 13.5. The highest BCUT2D eigenvalue weighted by Gasteiger charge is 2.18. The number of nitrogens with one attached hydrogen (secondary N) is 1. The van der Waals surface area contributed by atoms with E-state index in [0.29, 0.717) is 29.4 Å².